The van der Waals surface area contributed by atoms with Crippen molar-refractivity contribution in [1.29, 1.82) is 0 Å². The molecule has 1 fully saturated rings. The lowest BCUT2D eigenvalue weighted by Crippen LogP contribution is -2.55. The van der Waals surface area contributed by atoms with E-state index in [-0.39, 0.29) is 5.69 Å². The smallest absolute Gasteiger partial charge is 0.360 e. The zero-order chi connectivity index (χ0) is 31.0. The van der Waals surface area contributed by atoms with Crippen molar-refractivity contribution in [3.05, 3.63) is 124 Å². The van der Waals surface area contributed by atoms with Gasteiger partial charge in [0, 0.05) is 12.3 Å². The van der Waals surface area contributed by atoms with Crippen LogP contribution >= 0.6 is 7.60 Å². The van der Waals surface area contributed by atoms with E-state index in [1.165, 1.54) is 31.0 Å². The molecule has 4 aromatic rings. The number of nitro groups is 1. The molecule has 0 unspecified atom stereocenters. The fourth-order valence-electron chi connectivity index (χ4n) is 6.19. The summed E-state index contributed by atoms with van der Waals surface area (Å²) in [4.78, 5) is 32.8. The van der Waals surface area contributed by atoms with Gasteiger partial charge in [0.2, 0.25) is 5.34 Å². The molecule has 2 heterocycles. The summed E-state index contributed by atoms with van der Waals surface area (Å²) >= 11 is 0. The summed E-state index contributed by atoms with van der Waals surface area (Å²) < 4.78 is 31.6. The number of ether oxygens (including phenoxy) is 3. The lowest BCUT2D eigenvalue weighted by atomic mass is 9.59. The first-order chi connectivity index (χ1) is 20.5. The quantitative estimate of drug-likeness (QED) is 0.0895. The predicted molar refractivity (Wildman–Crippen MR) is 155 cm³/mol. The zero-order valence-electron chi connectivity index (χ0n) is 23.3. The van der Waals surface area contributed by atoms with Crippen molar-refractivity contribution in [1.82, 2.24) is 4.57 Å². The number of rotatable bonds is 10. The van der Waals surface area contributed by atoms with Gasteiger partial charge in [-0.05, 0) is 41.0 Å². The summed E-state index contributed by atoms with van der Waals surface area (Å²) in [5.74, 6) is -0.549. The molecule has 43 heavy (non-hydrogen) atoms. The van der Waals surface area contributed by atoms with Crippen molar-refractivity contribution >= 4 is 13.3 Å². The molecule has 1 aliphatic heterocycles. The van der Waals surface area contributed by atoms with Crippen LogP contribution in [0.4, 0.5) is 5.69 Å². The second kappa shape index (κ2) is 11.6. The maximum absolute atomic E-state index is 13.5. The van der Waals surface area contributed by atoms with Crippen molar-refractivity contribution in [3.63, 3.8) is 0 Å². The molecule has 0 aliphatic carbocycles. The van der Waals surface area contributed by atoms with Gasteiger partial charge >= 0.3 is 7.60 Å². The summed E-state index contributed by atoms with van der Waals surface area (Å²) in [6, 6.07) is 23.6. The van der Waals surface area contributed by atoms with Crippen LogP contribution in [-0.2, 0) is 14.7 Å². The van der Waals surface area contributed by atoms with Crippen LogP contribution in [-0.4, -0.2) is 61.8 Å². The first kappa shape index (κ1) is 30.4. The van der Waals surface area contributed by atoms with E-state index in [0.717, 1.165) is 6.20 Å². The molecule has 1 saturated heterocycles. The Morgan fingerprint density at radius 1 is 0.930 bits per heavy atom. The average molecular weight is 611 g/mol. The fourth-order valence-corrected chi connectivity index (χ4v) is 7.39. The maximum Gasteiger partial charge on any atom is 0.360 e. The highest BCUT2D eigenvalue weighted by Crippen LogP contribution is 2.68. The second-order valence-electron chi connectivity index (χ2n) is 10.2. The topological polar surface area (TPSA) is 174 Å². The molecular formula is C30H31N2O10P. The predicted octanol–water partition coefficient (Wildman–Crippen LogP) is 3.82. The second-order valence-corrected chi connectivity index (χ2v) is 12.0. The summed E-state index contributed by atoms with van der Waals surface area (Å²) in [6.07, 6.45) is -0.680. The number of aliphatic hydroxyl groups excluding tert-OH is 1. The molecule has 0 radical (unpaired) electrons. The first-order valence-electron chi connectivity index (χ1n) is 13.2. The first-order valence-corrected chi connectivity index (χ1v) is 14.8. The van der Waals surface area contributed by atoms with Crippen molar-refractivity contribution in [3.8, 4) is 11.5 Å². The van der Waals surface area contributed by atoms with Gasteiger partial charge in [-0.15, -0.1) is 0 Å². The van der Waals surface area contributed by atoms with E-state index in [2.05, 4.69) is 0 Å². The molecule has 1 aromatic heterocycles. The minimum atomic E-state index is -5.54. The number of nitrogens with zero attached hydrogens (tertiary/aromatic N) is 2. The van der Waals surface area contributed by atoms with Gasteiger partial charge in [0.25, 0.3) is 5.69 Å². The molecule has 13 heteroatoms. The normalized spacial score (nSPS) is 22.3. The van der Waals surface area contributed by atoms with E-state index >= 15 is 0 Å². The number of aliphatic hydroxyl groups is 2. The Balaban J connectivity index is 1.95. The van der Waals surface area contributed by atoms with Gasteiger partial charge < -0.3 is 38.8 Å². The van der Waals surface area contributed by atoms with Crippen molar-refractivity contribution < 1.29 is 43.7 Å². The van der Waals surface area contributed by atoms with Crippen LogP contribution in [0, 0.1) is 16.0 Å². The Kier molecular flexibility index (Phi) is 8.19. The Bertz CT molecular complexity index is 1570. The van der Waals surface area contributed by atoms with E-state index in [9.17, 15) is 34.7 Å². The SMILES string of the molecule is COc1ccc(C(c2ccccc2)(c2ccc(OC)cc2)[C@@H]2[C@H](n3ccc([N+](=O)[O-])c3)O[C@H](CO)[C@@]2(O)P(=O)(O)O)cc1. The highest BCUT2D eigenvalue weighted by molar-refractivity contribution is 7.53. The Morgan fingerprint density at radius 2 is 1.44 bits per heavy atom. The lowest BCUT2D eigenvalue weighted by molar-refractivity contribution is -0.384. The van der Waals surface area contributed by atoms with Crippen LogP contribution in [0.1, 0.15) is 22.9 Å². The van der Waals surface area contributed by atoms with E-state index in [0.29, 0.717) is 28.2 Å². The van der Waals surface area contributed by atoms with Crippen LogP contribution in [0.5, 0.6) is 11.5 Å². The van der Waals surface area contributed by atoms with Crippen LogP contribution in [0.15, 0.2) is 97.3 Å². The minimum Gasteiger partial charge on any atom is -0.497 e. The molecule has 5 rings (SSSR count). The van der Waals surface area contributed by atoms with Crippen LogP contribution in [0.3, 0.4) is 0 Å². The number of hydrogen-bond acceptors (Lipinski definition) is 8. The van der Waals surface area contributed by atoms with E-state index in [4.69, 9.17) is 14.2 Å². The molecule has 4 atom stereocenters. The minimum absolute atomic E-state index is 0.297. The summed E-state index contributed by atoms with van der Waals surface area (Å²) in [7, 11) is -2.54. The molecule has 1 aliphatic rings. The van der Waals surface area contributed by atoms with E-state index in [1.54, 1.807) is 78.9 Å². The molecule has 226 valence electrons. The lowest BCUT2D eigenvalue weighted by Gasteiger charge is -2.48. The molecule has 0 amide bonds. The molecule has 12 nitrogen and oxygen atoms in total. The van der Waals surface area contributed by atoms with Crippen molar-refractivity contribution in [2.75, 3.05) is 20.8 Å². The van der Waals surface area contributed by atoms with Gasteiger partial charge in [0.05, 0.1) is 43.3 Å². The molecule has 3 aromatic carbocycles. The van der Waals surface area contributed by atoms with E-state index in [1.807, 2.05) is 0 Å². The van der Waals surface area contributed by atoms with Crippen molar-refractivity contribution in [2.24, 2.45) is 5.92 Å². The molecule has 4 N–H and O–H groups in total. The van der Waals surface area contributed by atoms with Gasteiger partial charge in [0.1, 0.15) is 23.8 Å². The molecule has 0 bridgehead atoms. The summed E-state index contributed by atoms with van der Waals surface area (Å²) in [5.41, 5.74) is -0.376. The third-order valence-corrected chi connectivity index (χ3v) is 9.64. The number of aromatic nitrogens is 1. The van der Waals surface area contributed by atoms with Gasteiger partial charge in [-0.3, -0.25) is 14.7 Å². The molecular weight excluding hydrogens is 579 g/mol. The fraction of sp³-hybridized carbons (Fsp3) is 0.267. The Hall–Kier alpha value is -4.03. The summed E-state index contributed by atoms with van der Waals surface area (Å²) in [6.45, 7) is -0.950. The Morgan fingerprint density at radius 3 is 1.86 bits per heavy atom. The maximum atomic E-state index is 13.5. The Labute approximate surface area is 247 Å². The number of benzene rings is 3. The van der Waals surface area contributed by atoms with Gasteiger partial charge in [-0.2, -0.15) is 0 Å². The van der Waals surface area contributed by atoms with Crippen LogP contribution in [0.25, 0.3) is 0 Å². The monoisotopic (exact) mass is 610 g/mol. The highest BCUT2D eigenvalue weighted by Gasteiger charge is 2.72. The zero-order valence-corrected chi connectivity index (χ0v) is 24.2. The van der Waals surface area contributed by atoms with Crippen molar-refractivity contribution in [2.45, 2.75) is 23.1 Å². The molecule has 0 saturated carbocycles. The van der Waals surface area contributed by atoms with E-state index < -0.39 is 48.1 Å². The highest BCUT2D eigenvalue weighted by atomic mass is 31.2. The van der Waals surface area contributed by atoms with Crippen LogP contribution in [0.2, 0.25) is 0 Å². The summed E-state index contributed by atoms with van der Waals surface area (Å²) in [5, 5.41) is 31.4. The van der Waals surface area contributed by atoms with Gasteiger partial charge in [0.15, 0.2) is 0 Å². The third kappa shape index (κ3) is 4.92. The van der Waals surface area contributed by atoms with Gasteiger partial charge in [-0.25, -0.2) is 0 Å². The molecule has 0 spiro atoms. The van der Waals surface area contributed by atoms with Gasteiger partial charge in [-0.1, -0.05) is 54.6 Å². The number of hydrogen-bond donors (Lipinski definition) is 4. The third-order valence-electron chi connectivity index (χ3n) is 8.14. The largest absolute Gasteiger partial charge is 0.497 e. The number of methoxy groups -OCH3 is 2. The average Bonchev–Trinajstić information content (AvgIpc) is 3.63. The van der Waals surface area contributed by atoms with Crippen LogP contribution < -0.4 is 9.47 Å². The standard InChI is InChI=1S/C30H31N2O10P/c1-40-24-12-8-21(9-13-24)29(20-6-4-3-5-7-20,22-10-14-25(41-2)15-11-22)27-28(31-17-16-23(18-31)32(35)36)42-26(19-33)30(27,34)43(37,38)39/h3-18,26-28,33-34H,19H2,1-2H3,(H2,37,38,39)/t26-,27+,28-,30-/m1/s1.